The molecule has 2 N–H and O–H groups in total. The Hall–Kier alpha value is -1.21. The minimum atomic E-state index is -1.05. The van der Waals surface area contributed by atoms with Crippen molar-refractivity contribution in [1.82, 2.24) is 5.32 Å². The SMILES string of the molecule is O=CNC(CSCCSc1ccccc1F)C(=O)O. The minimum absolute atomic E-state index is 0.247. The normalized spacial score (nSPS) is 11.8. The molecular formula is C12H14FNO3S2. The Morgan fingerprint density at radius 2 is 2.16 bits per heavy atom. The highest BCUT2D eigenvalue weighted by molar-refractivity contribution is 8.03. The van der Waals surface area contributed by atoms with E-state index >= 15 is 0 Å². The van der Waals surface area contributed by atoms with Crippen molar-refractivity contribution >= 4 is 35.9 Å². The van der Waals surface area contributed by atoms with E-state index in [2.05, 4.69) is 5.32 Å². The van der Waals surface area contributed by atoms with Crippen LogP contribution in [-0.4, -0.2) is 40.8 Å². The predicted molar refractivity (Wildman–Crippen MR) is 75.1 cm³/mol. The van der Waals surface area contributed by atoms with Crippen LogP contribution in [-0.2, 0) is 9.59 Å². The van der Waals surface area contributed by atoms with Gasteiger partial charge in [0.2, 0.25) is 6.41 Å². The van der Waals surface area contributed by atoms with Crippen LogP contribution in [0.1, 0.15) is 0 Å². The summed E-state index contributed by atoms with van der Waals surface area (Å²) in [5.41, 5.74) is 0. The molecule has 0 aromatic heterocycles. The summed E-state index contributed by atoms with van der Waals surface area (Å²) >= 11 is 2.80. The molecule has 0 aliphatic carbocycles. The highest BCUT2D eigenvalue weighted by atomic mass is 32.2. The smallest absolute Gasteiger partial charge is 0.327 e. The molecular weight excluding hydrogens is 289 g/mol. The average Bonchev–Trinajstić information content (AvgIpc) is 2.39. The van der Waals surface area contributed by atoms with Crippen molar-refractivity contribution in [2.24, 2.45) is 0 Å². The molecule has 0 fully saturated rings. The highest BCUT2D eigenvalue weighted by Gasteiger charge is 2.15. The zero-order valence-electron chi connectivity index (χ0n) is 10.0. The van der Waals surface area contributed by atoms with Crippen LogP contribution in [0.5, 0.6) is 0 Å². The first kappa shape index (κ1) is 15.8. The molecule has 0 bridgehead atoms. The van der Waals surface area contributed by atoms with Gasteiger partial charge in [0, 0.05) is 22.2 Å². The Kier molecular flexibility index (Phi) is 7.35. The molecule has 19 heavy (non-hydrogen) atoms. The van der Waals surface area contributed by atoms with Crippen LogP contribution in [0.15, 0.2) is 29.2 Å². The van der Waals surface area contributed by atoms with Crippen LogP contribution in [0.2, 0.25) is 0 Å². The van der Waals surface area contributed by atoms with Crippen molar-refractivity contribution in [2.75, 3.05) is 17.3 Å². The number of amides is 1. The van der Waals surface area contributed by atoms with E-state index in [0.29, 0.717) is 28.6 Å². The highest BCUT2D eigenvalue weighted by Crippen LogP contribution is 2.22. The molecule has 4 nitrogen and oxygen atoms in total. The number of nitrogens with one attached hydrogen (secondary N) is 1. The number of carboxylic acids is 1. The summed E-state index contributed by atoms with van der Waals surface area (Å²) in [6.07, 6.45) is 0.382. The van der Waals surface area contributed by atoms with Gasteiger partial charge in [-0.25, -0.2) is 9.18 Å². The molecule has 0 radical (unpaired) electrons. The molecule has 1 aromatic carbocycles. The van der Waals surface area contributed by atoms with E-state index in [1.54, 1.807) is 18.2 Å². The largest absolute Gasteiger partial charge is 0.480 e. The van der Waals surface area contributed by atoms with Gasteiger partial charge in [0.15, 0.2) is 0 Å². The Balaban J connectivity index is 2.22. The van der Waals surface area contributed by atoms with Gasteiger partial charge in [0.25, 0.3) is 0 Å². The van der Waals surface area contributed by atoms with Crippen molar-refractivity contribution in [3.05, 3.63) is 30.1 Å². The molecule has 0 heterocycles. The summed E-state index contributed by atoms with van der Waals surface area (Å²) in [7, 11) is 0. The van der Waals surface area contributed by atoms with Crippen molar-refractivity contribution in [3.63, 3.8) is 0 Å². The number of benzene rings is 1. The molecule has 0 aliphatic heterocycles. The third-order valence-electron chi connectivity index (χ3n) is 2.17. The summed E-state index contributed by atoms with van der Waals surface area (Å²) in [6, 6.07) is 5.65. The summed E-state index contributed by atoms with van der Waals surface area (Å²) < 4.78 is 13.3. The van der Waals surface area contributed by atoms with Crippen molar-refractivity contribution in [3.8, 4) is 0 Å². The molecule has 1 unspecified atom stereocenters. The van der Waals surface area contributed by atoms with E-state index < -0.39 is 12.0 Å². The minimum Gasteiger partial charge on any atom is -0.480 e. The van der Waals surface area contributed by atoms with Gasteiger partial charge < -0.3 is 10.4 Å². The number of hydrogen-bond acceptors (Lipinski definition) is 4. The topological polar surface area (TPSA) is 66.4 Å². The standard InChI is InChI=1S/C12H14FNO3S2/c13-9-3-1-2-4-11(9)19-6-5-18-7-10(12(16)17)14-8-15/h1-4,8,10H,5-7H2,(H,14,15)(H,16,17). The van der Waals surface area contributed by atoms with Crippen LogP contribution >= 0.6 is 23.5 Å². The van der Waals surface area contributed by atoms with Crippen molar-refractivity contribution < 1.29 is 19.1 Å². The van der Waals surface area contributed by atoms with E-state index in [-0.39, 0.29) is 5.82 Å². The lowest BCUT2D eigenvalue weighted by Gasteiger charge is -2.10. The van der Waals surface area contributed by atoms with Gasteiger partial charge in [-0.15, -0.1) is 11.8 Å². The number of hydrogen-bond donors (Lipinski definition) is 2. The second-order valence-corrected chi connectivity index (χ2v) is 5.82. The van der Waals surface area contributed by atoms with E-state index in [9.17, 15) is 14.0 Å². The second-order valence-electron chi connectivity index (χ2n) is 3.53. The number of carboxylic acid groups (broad SMARTS) is 1. The lowest BCUT2D eigenvalue weighted by Crippen LogP contribution is -2.37. The molecule has 1 atom stereocenters. The van der Waals surface area contributed by atoms with Gasteiger partial charge in [-0.1, -0.05) is 12.1 Å². The van der Waals surface area contributed by atoms with E-state index in [1.807, 2.05) is 0 Å². The quantitative estimate of drug-likeness (QED) is 0.414. The number of halogens is 1. The first-order chi connectivity index (χ1) is 9.15. The number of aliphatic carboxylic acids is 1. The number of rotatable bonds is 9. The molecule has 0 saturated heterocycles. The van der Waals surface area contributed by atoms with Crippen molar-refractivity contribution in [1.29, 1.82) is 0 Å². The first-order valence-corrected chi connectivity index (χ1v) is 7.66. The lowest BCUT2D eigenvalue weighted by atomic mass is 10.3. The fourth-order valence-electron chi connectivity index (χ4n) is 1.25. The maximum Gasteiger partial charge on any atom is 0.327 e. The molecule has 7 heteroatoms. The van der Waals surface area contributed by atoms with Gasteiger partial charge >= 0.3 is 5.97 Å². The molecule has 1 rings (SSSR count). The van der Waals surface area contributed by atoms with E-state index in [1.165, 1.54) is 29.6 Å². The predicted octanol–water partition coefficient (Wildman–Crippen LogP) is 1.85. The maximum absolute atomic E-state index is 13.3. The maximum atomic E-state index is 13.3. The second kappa shape index (κ2) is 8.82. The van der Waals surface area contributed by atoms with Gasteiger partial charge in [-0.05, 0) is 12.1 Å². The van der Waals surface area contributed by atoms with Crippen LogP contribution in [0, 0.1) is 5.82 Å². The summed E-state index contributed by atoms with van der Waals surface area (Å²) in [5.74, 6) is 0.360. The molecule has 0 aliphatic rings. The zero-order chi connectivity index (χ0) is 14.1. The monoisotopic (exact) mass is 303 g/mol. The van der Waals surface area contributed by atoms with Gasteiger partial charge in [0.05, 0.1) is 0 Å². The summed E-state index contributed by atoms with van der Waals surface area (Å²) in [5, 5.41) is 11.0. The molecule has 104 valence electrons. The number of thioether (sulfide) groups is 2. The first-order valence-electron chi connectivity index (χ1n) is 5.52. The van der Waals surface area contributed by atoms with E-state index in [4.69, 9.17) is 5.11 Å². The van der Waals surface area contributed by atoms with Gasteiger partial charge in [-0.2, -0.15) is 11.8 Å². The summed E-state index contributed by atoms with van der Waals surface area (Å²) in [6.45, 7) is 0. The van der Waals surface area contributed by atoms with Crippen LogP contribution in [0.4, 0.5) is 4.39 Å². The Bertz CT molecular complexity index is 431. The van der Waals surface area contributed by atoms with Crippen molar-refractivity contribution in [2.45, 2.75) is 10.9 Å². The third kappa shape index (κ3) is 5.98. The Morgan fingerprint density at radius 3 is 2.79 bits per heavy atom. The van der Waals surface area contributed by atoms with Gasteiger partial charge in [-0.3, -0.25) is 4.79 Å². The average molecular weight is 303 g/mol. The van der Waals surface area contributed by atoms with E-state index in [0.717, 1.165) is 0 Å². The molecule has 1 amide bonds. The number of carbonyl (C=O) groups excluding carboxylic acids is 1. The molecule has 1 aromatic rings. The fourth-order valence-corrected chi connectivity index (χ4v) is 3.29. The molecule has 0 saturated carbocycles. The fraction of sp³-hybridized carbons (Fsp3) is 0.333. The van der Waals surface area contributed by atoms with Crippen LogP contribution in [0.25, 0.3) is 0 Å². The lowest BCUT2D eigenvalue weighted by molar-refractivity contribution is -0.139. The number of carbonyl (C=O) groups is 2. The van der Waals surface area contributed by atoms with Gasteiger partial charge in [0.1, 0.15) is 11.9 Å². The molecule has 0 spiro atoms. The van der Waals surface area contributed by atoms with Crippen LogP contribution < -0.4 is 5.32 Å². The third-order valence-corrected chi connectivity index (χ3v) is 4.54. The summed E-state index contributed by atoms with van der Waals surface area (Å²) in [4.78, 5) is 21.5. The Labute approximate surface area is 119 Å². The zero-order valence-corrected chi connectivity index (χ0v) is 11.7. The Morgan fingerprint density at radius 1 is 1.42 bits per heavy atom. The van der Waals surface area contributed by atoms with Crippen LogP contribution in [0.3, 0.4) is 0 Å².